The van der Waals surface area contributed by atoms with Gasteiger partial charge in [0, 0.05) is 23.5 Å². The average molecular weight is 414 g/mol. The Hall–Kier alpha value is -2.83. The molecule has 0 fully saturated rings. The third-order valence-corrected chi connectivity index (χ3v) is 4.65. The van der Waals surface area contributed by atoms with Gasteiger partial charge in [0.25, 0.3) is 0 Å². The van der Waals surface area contributed by atoms with Crippen LogP contribution in [0.15, 0.2) is 30.3 Å². The summed E-state index contributed by atoms with van der Waals surface area (Å²) in [4.78, 5) is 22.0. The fourth-order valence-electron chi connectivity index (χ4n) is 3.22. The van der Waals surface area contributed by atoms with Crippen molar-refractivity contribution in [1.29, 1.82) is 0 Å². The second-order valence-corrected chi connectivity index (χ2v) is 8.10. The fourth-order valence-corrected chi connectivity index (χ4v) is 3.22. The zero-order chi connectivity index (χ0) is 22.1. The van der Waals surface area contributed by atoms with Crippen LogP contribution in [0, 0.1) is 12.8 Å². The van der Waals surface area contributed by atoms with E-state index in [1.54, 1.807) is 7.11 Å². The van der Waals surface area contributed by atoms with E-state index >= 15 is 0 Å². The van der Waals surface area contributed by atoms with Gasteiger partial charge in [-0.25, -0.2) is 4.98 Å². The summed E-state index contributed by atoms with van der Waals surface area (Å²) in [5, 5.41) is 9.64. The zero-order valence-corrected chi connectivity index (χ0v) is 19.0. The average Bonchev–Trinajstić information content (AvgIpc) is 2.67. The van der Waals surface area contributed by atoms with Crippen molar-refractivity contribution >= 4 is 23.4 Å². The Morgan fingerprint density at radius 1 is 1.10 bits per heavy atom. The first kappa shape index (κ1) is 23.4. The Balaban J connectivity index is 2.14. The van der Waals surface area contributed by atoms with Crippen molar-refractivity contribution in [3.8, 4) is 5.75 Å². The maximum absolute atomic E-state index is 13.0. The normalized spacial score (nSPS) is 12.9. The molecule has 0 saturated heterocycles. The van der Waals surface area contributed by atoms with Gasteiger partial charge in [0.05, 0.1) is 7.11 Å². The molecule has 0 aliphatic carbocycles. The summed E-state index contributed by atoms with van der Waals surface area (Å²) in [6.07, 6.45) is 2.81. The van der Waals surface area contributed by atoms with Crippen LogP contribution < -0.4 is 20.7 Å². The van der Waals surface area contributed by atoms with Crippen molar-refractivity contribution in [3.63, 3.8) is 0 Å². The number of benzene rings is 1. The monoisotopic (exact) mass is 413 g/mol. The smallest absolute Gasteiger partial charge is 0.246 e. The van der Waals surface area contributed by atoms with Gasteiger partial charge in [-0.2, -0.15) is 4.98 Å². The lowest BCUT2D eigenvalue weighted by atomic mass is 10.0. The van der Waals surface area contributed by atoms with Gasteiger partial charge < -0.3 is 20.7 Å². The lowest BCUT2D eigenvalue weighted by Crippen LogP contribution is -2.36. The number of carbonyl (C=O) groups excluding carboxylic acids is 1. The molecule has 7 heteroatoms. The Kier molecular flexibility index (Phi) is 8.89. The van der Waals surface area contributed by atoms with Crippen molar-refractivity contribution in [1.82, 2.24) is 9.97 Å². The van der Waals surface area contributed by atoms with Crippen LogP contribution in [0.4, 0.5) is 17.5 Å². The van der Waals surface area contributed by atoms with E-state index in [0.29, 0.717) is 24.1 Å². The highest BCUT2D eigenvalue weighted by Gasteiger charge is 2.21. The first-order chi connectivity index (χ1) is 14.3. The van der Waals surface area contributed by atoms with Crippen LogP contribution >= 0.6 is 0 Å². The highest BCUT2D eigenvalue weighted by atomic mass is 16.5. The van der Waals surface area contributed by atoms with E-state index in [2.05, 4.69) is 53.6 Å². The molecule has 30 heavy (non-hydrogen) atoms. The van der Waals surface area contributed by atoms with Gasteiger partial charge in [0.2, 0.25) is 11.9 Å². The number of amides is 1. The van der Waals surface area contributed by atoms with Gasteiger partial charge in [-0.15, -0.1) is 0 Å². The predicted octanol–water partition coefficient (Wildman–Crippen LogP) is 4.86. The van der Waals surface area contributed by atoms with Crippen LogP contribution in [-0.4, -0.2) is 35.1 Å². The van der Waals surface area contributed by atoms with E-state index < -0.39 is 6.04 Å². The number of ether oxygens (including phenoxy) is 1. The van der Waals surface area contributed by atoms with E-state index in [1.165, 1.54) is 0 Å². The Bertz CT molecular complexity index is 808. The molecule has 0 bridgehead atoms. The second kappa shape index (κ2) is 11.4. The molecule has 2 atom stereocenters. The highest BCUT2D eigenvalue weighted by Crippen LogP contribution is 2.19. The van der Waals surface area contributed by atoms with Crippen molar-refractivity contribution in [2.75, 3.05) is 23.1 Å². The Labute approximate surface area is 180 Å². The summed E-state index contributed by atoms with van der Waals surface area (Å²) in [6.45, 7) is 10.4. The zero-order valence-electron chi connectivity index (χ0n) is 19.0. The van der Waals surface area contributed by atoms with E-state index in [-0.39, 0.29) is 11.9 Å². The summed E-state index contributed by atoms with van der Waals surface area (Å²) >= 11 is 0. The minimum Gasteiger partial charge on any atom is -0.497 e. The molecule has 1 aromatic heterocycles. The molecule has 2 aromatic rings. The van der Waals surface area contributed by atoms with Crippen molar-refractivity contribution in [2.45, 2.75) is 66.0 Å². The van der Waals surface area contributed by atoms with Crippen LogP contribution in [-0.2, 0) is 4.79 Å². The van der Waals surface area contributed by atoms with Gasteiger partial charge in [0.1, 0.15) is 17.6 Å². The lowest BCUT2D eigenvalue weighted by molar-refractivity contribution is -0.117. The molecule has 0 spiro atoms. The minimum absolute atomic E-state index is 0.0982. The van der Waals surface area contributed by atoms with E-state index in [0.717, 1.165) is 30.0 Å². The van der Waals surface area contributed by atoms with E-state index in [1.807, 2.05) is 37.3 Å². The lowest BCUT2D eigenvalue weighted by Gasteiger charge is -2.22. The molecule has 0 aliphatic rings. The first-order valence-electron chi connectivity index (χ1n) is 10.6. The molecule has 2 rings (SSSR count). The molecule has 0 saturated carbocycles. The van der Waals surface area contributed by atoms with Crippen LogP contribution in [0.2, 0.25) is 0 Å². The molecular formula is C23H35N5O2. The quantitative estimate of drug-likeness (QED) is 0.488. The standard InChI is InChI=1S/C23H35N5O2/c1-7-8-16(4)24-23-25-17(5)14-21(28-23)27-20(13-15(2)3)22(29)26-18-9-11-19(30-6)12-10-18/h9-12,14-16,20H,7-8,13H2,1-6H3,(H,26,29)(H2,24,25,27,28)/t16?,20-/m0/s1. The summed E-state index contributed by atoms with van der Waals surface area (Å²) in [5.74, 6) is 2.22. The van der Waals surface area contributed by atoms with Crippen LogP contribution in [0.25, 0.3) is 0 Å². The molecule has 1 amide bonds. The molecular weight excluding hydrogens is 378 g/mol. The molecule has 0 radical (unpaired) electrons. The predicted molar refractivity (Wildman–Crippen MR) is 123 cm³/mol. The van der Waals surface area contributed by atoms with Crippen LogP contribution in [0.1, 0.15) is 52.7 Å². The number of aromatic nitrogens is 2. The Morgan fingerprint density at radius 2 is 1.80 bits per heavy atom. The van der Waals surface area contributed by atoms with Gasteiger partial charge >= 0.3 is 0 Å². The number of nitrogens with zero attached hydrogens (tertiary/aromatic N) is 2. The van der Waals surface area contributed by atoms with Gasteiger partial charge in [-0.1, -0.05) is 27.2 Å². The Morgan fingerprint density at radius 3 is 2.40 bits per heavy atom. The maximum Gasteiger partial charge on any atom is 0.246 e. The first-order valence-corrected chi connectivity index (χ1v) is 10.6. The van der Waals surface area contributed by atoms with Crippen LogP contribution in [0.3, 0.4) is 0 Å². The molecule has 164 valence electrons. The topological polar surface area (TPSA) is 88.2 Å². The molecule has 0 aliphatic heterocycles. The number of aryl methyl sites for hydroxylation is 1. The van der Waals surface area contributed by atoms with Crippen molar-refractivity contribution in [2.24, 2.45) is 5.92 Å². The van der Waals surface area contributed by atoms with Crippen molar-refractivity contribution < 1.29 is 9.53 Å². The molecule has 1 unspecified atom stereocenters. The molecule has 3 N–H and O–H groups in total. The third kappa shape index (κ3) is 7.54. The minimum atomic E-state index is -0.415. The molecule has 7 nitrogen and oxygen atoms in total. The fraction of sp³-hybridized carbons (Fsp3) is 0.522. The number of nitrogens with one attached hydrogen (secondary N) is 3. The maximum atomic E-state index is 13.0. The second-order valence-electron chi connectivity index (χ2n) is 8.10. The summed E-state index contributed by atoms with van der Waals surface area (Å²) in [6, 6.07) is 9.04. The largest absolute Gasteiger partial charge is 0.497 e. The summed E-state index contributed by atoms with van der Waals surface area (Å²) in [7, 11) is 1.62. The number of rotatable bonds is 11. The number of methoxy groups -OCH3 is 1. The number of carbonyl (C=O) groups is 1. The van der Waals surface area contributed by atoms with Crippen molar-refractivity contribution in [3.05, 3.63) is 36.0 Å². The number of hydrogen-bond acceptors (Lipinski definition) is 6. The van der Waals surface area contributed by atoms with Crippen LogP contribution in [0.5, 0.6) is 5.75 Å². The summed E-state index contributed by atoms with van der Waals surface area (Å²) in [5.41, 5.74) is 1.57. The molecule has 1 aromatic carbocycles. The number of hydrogen-bond donors (Lipinski definition) is 3. The highest BCUT2D eigenvalue weighted by molar-refractivity contribution is 5.96. The molecule has 1 heterocycles. The SMILES string of the molecule is CCCC(C)Nc1nc(C)cc(N[C@@H](CC(C)C)C(=O)Nc2ccc(OC)cc2)n1. The third-order valence-electron chi connectivity index (χ3n) is 4.65. The van der Waals surface area contributed by atoms with Gasteiger partial charge in [-0.3, -0.25) is 4.79 Å². The van der Waals surface area contributed by atoms with Gasteiger partial charge in [0.15, 0.2) is 0 Å². The number of anilines is 3. The van der Waals surface area contributed by atoms with Gasteiger partial charge in [-0.05, 0) is 56.9 Å². The summed E-state index contributed by atoms with van der Waals surface area (Å²) < 4.78 is 5.17. The van der Waals surface area contributed by atoms with E-state index in [4.69, 9.17) is 4.74 Å². The van der Waals surface area contributed by atoms with E-state index in [9.17, 15) is 4.79 Å².